The van der Waals surface area contributed by atoms with E-state index in [9.17, 15) is 13.2 Å². The standard InChI is InChI=1S/C18H21ClN2O3S/c1-13-6-4-5-7-15(13)11-21(25(3,23)24)12-18(22)20-17-10-16(19)9-8-14(17)2/h4-10H,11-12H2,1-3H3,(H,20,22). The van der Waals surface area contributed by atoms with Gasteiger partial charge in [0.1, 0.15) is 0 Å². The van der Waals surface area contributed by atoms with Gasteiger partial charge >= 0.3 is 0 Å². The molecule has 0 saturated heterocycles. The van der Waals surface area contributed by atoms with Crippen LogP contribution in [0.25, 0.3) is 0 Å². The monoisotopic (exact) mass is 380 g/mol. The summed E-state index contributed by atoms with van der Waals surface area (Å²) in [5, 5.41) is 3.23. The molecule has 0 aliphatic rings. The Morgan fingerprint density at radius 3 is 2.44 bits per heavy atom. The van der Waals surface area contributed by atoms with Gasteiger partial charge in [-0.1, -0.05) is 41.9 Å². The van der Waals surface area contributed by atoms with Crippen LogP contribution in [0.3, 0.4) is 0 Å². The maximum atomic E-state index is 12.3. The fourth-order valence-electron chi connectivity index (χ4n) is 2.35. The number of nitrogens with one attached hydrogen (secondary N) is 1. The predicted molar refractivity (Wildman–Crippen MR) is 101 cm³/mol. The van der Waals surface area contributed by atoms with Crippen LogP contribution in [0.4, 0.5) is 5.69 Å². The van der Waals surface area contributed by atoms with E-state index in [0.717, 1.165) is 27.3 Å². The first-order valence-electron chi connectivity index (χ1n) is 7.72. The Labute approximate surface area is 153 Å². The van der Waals surface area contributed by atoms with E-state index in [1.807, 2.05) is 38.1 Å². The molecule has 0 saturated carbocycles. The summed E-state index contributed by atoms with van der Waals surface area (Å²) >= 11 is 5.95. The second-order valence-electron chi connectivity index (χ2n) is 5.96. The summed E-state index contributed by atoms with van der Waals surface area (Å²) in [6.07, 6.45) is 1.10. The van der Waals surface area contributed by atoms with Gasteiger partial charge in [-0.2, -0.15) is 4.31 Å². The molecule has 0 radical (unpaired) electrons. The topological polar surface area (TPSA) is 66.5 Å². The smallest absolute Gasteiger partial charge is 0.239 e. The number of benzene rings is 2. The zero-order chi connectivity index (χ0) is 18.6. The molecule has 134 valence electrons. The number of amides is 1. The van der Waals surface area contributed by atoms with Crippen molar-refractivity contribution in [2.24, 2.45) is 0 Å². The average Bonchev–Trinajstić information content (AvgIpc) is 2.51. The molecule has 25 heavy (non-hydrogen) atoms. The van der Waals surface area contributed by atoms with Crippen LogP contribution in [0.15, 0.2) is 42.5 Å². The number of carbonyl (C=O) groups is 1. The first kappa shape index (κ1) is 19.4. The van der Waals surface area contributed by atoms with Gasteiger partial charge in [0.15, 0.2) is 0 Å². The summed E-state index contributed by atoms with van der Waals surface area (Å²) in [5.74, 6) is -0.413. The van der Waals surface area contributed by atoms with Crippen molar-refractivity contribution in [3.8, 4) is 0 Å². The van der Waals surface area contributed by atoms with Gasteiger partial charge in [0.05, 0.1) is 12.8 Å². The van der Waals surface area contributed by atoms with Crippen LogP contribution in [0, 0.1) is 13.8 Å². The summed E-state index contributed by atoms with van der Waals surface area (Å²) in [6.45, 7) is 3.63. The number of hydrogen-bond donors (Lipinski definition) is 1. The summed E-state index contributed by atoms with van der Waals surface area (Å²) < 4.78 is 25.3. The molecule has 1 amide bonds. The number of hydrogen-bond acceptors (Lipinski definition) is 3. The van der Waals surface area contributed by atoms with Gasteiger partial charge in [-0.15, -0.1) is 0 Å². The quantitative estimate of drug-likeness (QED) is 0.835. The number of anilines is 1. The van der Waals surface area contributed by atoms with Gasteiger partial charge in [0.25, 0.3) is 0 Å². The van der Waals surface area contributed by atoms with Crippen molar-refractivity contribution < 1.29 is 13.2 Å². The van der Waals surface area contributed by atoms with E-state index in [2.05, 4.69) is 5.32 Å². The highest BCUT2D eigenvalue weighted by atomic mass is 35.5. The molecule has 2 aromatic carbocycles. The Hall–Kier alpha value is -1.89. The van der Waals surface area contributed by atoms with Crippen molar-refractivity contribution >= 4 is 33.2 Å². The molecule has 0 aliphatic heterocycles. The summed E-state index contributed by atoms with van der Waals surface area (Å²) in [4.78, 5) is 12.3. The van der Waals surface area contributed by atoms with Gasteiger partial charge in [-0.3, -0.25) is 4.79 Å². The number of halogens is 1. The molecule has 0 fully saturated rings. The Morgan fingerprint density at radius 1 is 1.12 bits per heavy atom. The molecule has 0 bridgehead atoms. The van der Waals surface area contributed by atoms with Crippen LogP contribution in [0.2, 0.25) is 5.02 Å². The Bertz CT molecular complexity index is 882. The van der Waals surface area contributed by atoms with E-state index >= 15 is 0 Å². The minimum Gasteiger partial charge on any atom is -0.325 e. The van der Waals surface area contributed by atoms with Crippen LogP contribution >= 0.6 is 11.6 Å². The molecule has 0 atom stereocenters. The second-order valence-corrected chi connectivity index (χ2v) is 8.38. The van der Waals surface area contributed by atoms with Crippen LogP contribution in [-0.4, -0.2) is 31.4 Å². The van der Waals surface area contributed by atoms with Crippen molar-refractivity contribution in [1.82, 2.24) is 4.31 Å². The highest BCUT2D eigenvalue weighted by Crippen LogP contribution is 2.20. The second kappa shape index (κ2) is 7.99. The number of carbonyl (C=O) groups excluding carboxylic acids is 1. The van der Waals surface area contributed by atoms with Gasteiger partial charge in [-0.25, -0.2) is 8.42 Å². The lowest BCUT2D eigenvalue weighted by atomic mass is 10.1. The van der Waals surface area contributed by atoms with E-state index in [4.69, 9.17) is 11.6 Å². The molecule has 0 heterocycles. The predicted octanol–water partition coefficient (Wildman–Crippen LogP) is 3.36. The van der Waals surface area contributed by atoms with Gasteiger partial charge < -0.3 is 5.32 Å². The third-order valence-corrected chi connectivity index (χ3v) is 5.30. The SMILES string of the molecule is Cc1ccccc1CN(CC(=O)Nc1cc(Cl)ccc1C)S(C)(=O)=O. The van der Waals surface area contributed by atoms with Crippen LogP contribution in [0.5, 0.6) is 0 Å². The molecule has 2 aromatic rings. The normalized spacial score (nSPS) is 11.6. The Balaban J connectivity index is 2.16. The van der Waals surface area contributed by atoms with Gasteiger partial charge in [0, 0.05) is 17.3 Å². The largest absolute Gasteiger partial charge is 0.325 e. The van der Waals surface area contributed by atoms with Crippen molar-refractivity contribution in [2.45, 2.75) is 20.4 Å². The lowest BCUT2D eigenvalue weighted by molar-refractivity contribution is -0.116. The zero-order valence-corrected chi connectivity index (χ0v) is 16.0. The van der Waals surface area contributed by atoms with Crippen LogP contribution in [-0.2, 0) is 21.4 Å². The molecule has 0 aliphatic carbocycles. The Morgan fingerprint density at radius 2 is 1.80 bits per heavy atom. The van der Waals surface area contributed by atoms with Gasteiger partial charge in [0.2, 0.25) is 15.9 Å². The number of rotatable bonds is 6. The summed E-state index contributed by atoms with van der Waals surface area (Å²) in [6, 6.07) is 12.7. The maximum absolute atomic E-state index is 12.3. The van der Waals surface area contributed by atoms with Crippen molar-refractivity contribution in [1.29, 1.82) is 0 Å². The minimum absolute atomic E-state index is 0.146. The fourth-order valence-corrected chi connectivity index (χ4v) is 3.24. The third kappa shape index (κ3) is 5.56. The van der Waals surface area contributed by atoms with E-state index in [-0.39, 0.29) is 13.1 Å². The number of nitrogens with zero attached hydrogens (tertiary/aromatic N) is 1. The Kier molecular flexibility index (Phi) is 6.21. The van der Waals surface area contributed by atoms with E-state index < -0.39 is 15.9 Å². The number of aryl methyl sites for hydroxylation is 2. The van der Waals surface area contributed by atoms with Crippen LogP contribution < -0.4 is 5.32 Å². The lowest BCUT2D eigenvalue weighted by Gasteiger charge is -2.21. The maximum Gasteiger partial charge on any atom is 0.239 e. The average molecular weight is 381 g/mol. The molecule has 0 spiro atoms. The van der Waals surface area contributed by atoms with E-state index in [1.54, 1.807) is 18.2 Å². The first-order chi connectivity index (χ1) is 11.7. The van der Waals surface area contributed by atoms with Crippen molar-refractivity contribution in [3.05, 3.63) is 64.2 Å². The summed E-state index contributed by atoms with van der Waals surface area (Å²) in [7, 11) is -3.54. The zero-order valence-electron chi connectivity index (χ0n) is 14.4. The molecule has 0 aromatic heterocycles. The van der Waals surface area contributed by atoms with Crippen molar-refractivity contribution in [2.75, 3.05) is 18.1 Å². The molecule has 1 N–H and O–H groups in total. The van der Waals surface area contributed by atoms with Crippen molar-refractivity contribution in [3.63, 3.8) is 0 Å². The molecule has 0 unspecified atom stereocenters. The summed E-state index contributed by atoms with van der Waals surface area (Å²) in [5.41, 5.74) is 3.26. The van der Waals surface area contributed by atoms with Crippen LogP contribution in [0.1, 0.15) is 16.7 Å². The van der Waals surface area contributed by atoms with E-state index in [1.165, 1.54) is 0 Å². The highest BCUT2D eigenvalue weighted by Gasteiger charge is 2.21. The lowest BCUT2D eigenvalue weighted by Crippen LogP contribution is -2.37. The highest BCUT2D eigenvalue weighted by molar-refractivity contribution is 7.88. The fraction of sp³-hybridized carbons (Fsp3) is 0.278. The first-order valence-corrected chi connectivity index (χ1v) is 9.95. The minimum atomic E-state index is -3.54. The number of sulfonamides is 1. The van der Waals surface area contributed by atoms with Gasteiger partial charge in [-0.05, 0) is 42.7 Å². The molecule has 2 rings (SSSR count). The molecular weight excluding hydrogens is 360 g/mol. The molecule has 7 heteroatoms. The molecule has 5 nitrogen and oxygen atoms in total. The third-order valence-electron chi connectivity index (χ3n) is 3.87. The molecular formula is C18H21ClN2O3S. The van der Waals surface area contributed by atoms with E-state index in [0.29, 0.717) is 10.7 Å².